The van der Waals surface area contributed by atoms with Crippen LogP contribution in [-0.4, -0.2) is 95.2 Å². The summed E-state index contributed by atoms with van der Waals surface area (Å²) in [5.74, 6) is -1.19. The summed E-state index contributed by atoms with van der Waals surface area (Å²) in [6.07, 6.45) is 1.19. The van der Waals surface area contributed by atoms with Crippen LogP contribution in [0.15, 0.2) is 71.9 Å². The first-order chi connectivity index (χ1) is 28.9. The Morgan fingerprint density at radius 3 is 2.15 bits per heavy atom. The Morgan fingerprint density at radius 1 is 0.869 bits per heavy atom. The Bertz CT molecular complexity index is 2210. The molecule has 1 unspecified atom stereocenters. The van der Waals surface area contributed by atoms with Crippen molar-refractivity contribution in [3.8, 4) is 34.8 Å². The number of ether oxygens (including phenoxy) is 5. The van der Waals surface area contributed by atoms with Gasteiger partial charge in [-0.1, -0.05) is 51.5 Å². The number of rotatable bonds is 23. The van der Waals surface area contributed by atoms with Crippen molar-refractivity contribution in [2.24, 2.45) is 0 Å². The van der Waals surface area contributed by atoms with Crippen LogP contribution in [0.3, 0.4) is 0 Å². The fourth-order valence-electron chi connectivity index (χ4n) is 5.62. The Hall–Kier alpha value is -6.62. The van der Waals surface area contributed by atoms with Crippen LogP contribution in [0.4, 0.5) is 10.6 Å². The van der Waals surface area contributed by atoms with Gasteiger partial charge in [0, 0.05) is 12.4 Å². The fourth-order valence-corrected chi connectivity index (χ4v) is 7.28. The molecule has 22 nitrogen and oxygen atoms in total. The Labute approximate surface area is 351 Å². The van der Waals surface area contributed by atoms with Crippen molar-refractivity contribution in [1.82, 2.24) is 19.9 Å². The predicted molar refractivity (Wildman–Crippen MR) is 213 cm³/mol. The molecule has 0 fully saturated rings. The van der Waals surface area contributed by atoms with Gasteiger partial charge in [0.05, 0.1) is 25.2 Å². The van der Waals surface area contributed by atoms with E-state index in [0.29, 0.717) is 10.7 Å². The maximum absolute atomic E-state index is 15.1. The third-order valence-corrected chi connectivity index (χ3v) is 10.4. The lowest BCUT2D eigenvalue weighted by Crippen LogP contribution is -2.51. The van der Waals surface area contributed by atoms with E-state index >= 15 is 8.42 Å². The Balaban J connectivity index is 1.78. The molecule has 2 heterocycles. The summed E-state index contributed by atoms with van der Waals surface area (Å²) in [6, 6.07) is 14.1. The highest BCUT2D eigenvalue weighted by Gasteiger charge is 2.45. The first kappa shape index (κ1) is 47.1. The maximum atomic E-state index is 15.1. The number of hydrogen-bond acceptors (Lipinski definition) is 19. The van der Waals surface area contributed by atoms with Gasteiger partial charge >= 0.3 is 6.16 Å². The fraction of sp³-hybridized carbons (Fsp3) is 0.447. The smallest absolute Gasteiger partial charge is 0.493 e. The highest BCUT2D eigenvalue weighted by atomic mass is 32.2. The van der Waals surface area contributed by atoms with E-state index in [-0.39, 0.29) is 77.6 Å². The number of hydrogen-bond donors (Lipinski definition) is 1. The zero-order valence-corrected chi connectivity index (χ0v) is 35.1. The van der Waals surface area contributed by atoms with Gasteiger partial charge < -0.3 is 38.5 Å². The molecule has 2 aromatic heterocycles. The first-order valence-electron chi connectivity index (χ1n) is 18.7. The number of aromatic nitrogens is 4. The minimum atomic E-state index is -4.80. The monoisotopic (exact) mass is 873 g/mol. The summed E-state index contributed by atoms with van der Waals surface area (Å²) in [7, 11) is -3.41. The lowest BCUT2D eigenvalue weighted by Gasteiger charge is -2.37. The summed E-state index contributed by atoms with van der Waals surface area (Å²) >= 11 is 0. The topological polar surface area (TPSA) is 277 Å². The molecule has 1 atom stereocenters. The van der Waals surface area contributed by atoms with E-state index in [0.717, 1.165) is 5.56 Å². The van der Waals surface area contributed by atoms with Crippen LogP contribution in [-0.2, 0) is 34.6 Å². The van der Waals surface area contributed by atoms with Crippen LogP contribution in [0.5, 0.6) is 23.1 Å². The lowest BCUT2D eigenvalue weighted by molar-refractivity contribution is -0.790. The second-order valence-electron chi connectivity index (χ2n) is 14.4. The van der Waals surface area contributed by atoms with Gasteiger partial charge in [-0.2, -0.15) is 4.98 Å². The average molecular weight is 874 g/mol. The molecule has 0 aliphatic carbocycles. The summed E-state index contributed by atoms with van der Waals surface area (Å²) < 4.78 is 59.7. The van der Waals surface area contributed by atoms with Crippen molar-refractivity contribution in [3.05, 3.63) is 92.8 Å². The summed E-state index contributed by atoms with van der Waals surface area (Å²) in [4.78, 5) is 60.6. The quantitative estimate of drug-likeness (QED) is 0.0301. The highest BCUT2D eigenvalue weighted by molar-refractivity contribution is 7.92. The van der Waals surface area contributed by atoms with Crippen LogP contribution in [0.25, 0.3) is 11.6 Å². The number of methoxy groups -OCH3 is 1. The van der Waals surface area contributed by atoms with Crippen molar-refractivity contribution >= 4 is 22.0 Å². The van der Waals surface area contributed by atoms with E-state index in [9.17, 15) is 30.1 Å². The molecule has 0 bridgehead atoms. The van der Waals surface area contributed by atoms with Gasteiger partial charge in [-0.05, 0) is 74.4 Å². The van der Waals surface area contributed by atoms with E-state index in [1.807, 2.05) is 20.8 Å². The number of unbranched alkanes of at least 4 members (excludes halogenated alkanes) is 2. The third kappa shape index (κ3) is 13.2. The standard InChI is InChI=1S/C38H47N7O15S/c1-37(2,3)26-16-18-28(19-17-26)61(52,53)43(38(4,5)59-36(47)56-23-11-7-8-13-27(60-45(50)51)25-57-44(48)49)34-31(58-30-15-10-9-14-29(30)54-6)35(55-24-22-46)42-33(41-34)32-39-20-12-21-40-32/h9-10,12,14-21,27,46H,7-8,11,13,22-25H2,1-6H3. The second kappa shape index (κ2) is 21.1. The van der Waals surface area contributed by atoms with E-state index in [1.165, 1.54) is 51.6 Å². The van der Waals surface area contributed by atoms with E-state index < -0.39 is 57.2 Å². The number of aliphatic hydroxyl groups excluding tert-OH is 1. The van der Waals surface area contributed by atoms with Crippen LogP contribution < -0.4 is 18.5 Å². The molecule has 0 aliphatic rings. The summed E-state index contributed by atoms with van der Waals surface area (Å²) in [5, 5.41) is 28.9. The molecule has 330 valence electrons. The minimum Gasteiger partial charge on any atom is -0.493 e. The zero-order valence-electron chi connectivity index (χ0n) is 34.3. The first-order valence-corrected chi connectivity index (χ1v) is 20.2. The molecule has 0 saturated carbocycles. The summed E-state index contributed by atoms with van der Waals surface area (Å²) in [6.45, 7) is 6.76. The maximum Gasteiger partial charge on any atom is 0.510 e. The van der Waals surface area contributed by atoms with Crippen LogP contribution in [0.1, 0.15) is 65.9 Å². The largest absolute Gasteiger partial charge is 0.510 e. The minimum absolute atomic E-state index is 0.0219. The van der Waals surface area contributed by atoms with Gasteiger partial charge in [0.15, 0.2) is 28.9 Å². The van der Waals surface area contributed by atoms with Crippen LogP contribution in [0, 0.1) is 20.2 Å². The highest BCUT2D eigenvalue weighted by Crippen LogP contribution is 2.46. The molecule has 2 aromatic carbocycles. The SMILES string of the molecule is COc1ccccc1Oc1c(OCCO)nc(-c2ncccn2)nc1N(C(C)(C)OC(=O)OCCCCCC(CO[N+](=O)[O-])O[N+](=O)[O-])S(=O)(=O)c1ccc(C(C)(C)C)cc1. The van der Waals surface area contributed by atoms with Gasteiger partial charge in [-0.25, -0.2) is 32.5 Å². The number of nitrogens with zero attached hydrogens (tertiary/aromatic N) is 7. The van der Waals surface area contributed by atoms with Crippen LogP contribution >= 0.6 is 0 Å². The lowest BCUT2D eigenvalue weighted by atomic mass is 9.87. The van der Waals surface area contributed by atoms with Crippen LogP contribution in [0.2, 0.25) is 0 Å². The number of para-hydroxylation sites is 2. The van der Waals surface area contributed by atoms with Gasteiger partial charge in [-0.3, -0.25) is 0 Å². The van der Waals surface area contributed by atoms with Crippen molar-refractivity contribution in [1.29, 1.82) is 0 Å². The van der Waals surface area contributed by atoms with Crippen molar-refractivity contribution in [3.63, 3.8) is 0 Å². The van der Waals surface area contributed by atoms with E-state index in [4.69, 9.17) is 23.7 Å². The molecule has 1 N–H and O–H groups in total. The molecule has 61 heavy (non-hydrogen) atoms. The molecule has 0 aliphatic heterocycles. The molecule has 0 radical (unpaired) electrons. The van der Waals surface area contributed by atoms with E-state index in [1.54, 1.807) is 36.4 Å². The molecule has 4 rings (SSSR count). The normalized spacial score (nSPS) is 12.1. The Morgan fingerprint density at radius 2 is 1.54 bits per heavy atom. The molecule has 0 spiro atoms. The molecule has 0 amide bonds. The van der Waals surface area contributed by atoms with E-state index in [2.05, 4.69) is 29.6 Å². The second-order valence-corrected chi connectivity index (χ2v) is 16.2. The third-order valence-electron chi connectivity index (χ3n) is 8.46. The molecular weight excluding hydrogens is 827 g/mol. The van der Waals surface area contributed by atoms with Gasteiger partial charge in [0.1, 0.15) is 19.3 Å². The number of carbonyl (C=O) groups excluding carboxylic acids is 1. The van der Waals surface area contributed by atoms with Gasteiger partial charge in [0.2, 0.25) is 11.6 Å². The zero-order chi connectivity index (χ0) is 44.8. The summed E-state index contributed by atoms with van der Waals surface area (Å²) in [5.41, 5.74) is -1.69. The van der Waals surface area contributed by atoms with Gasteiger partial charge in [0.25, 0.3) is 26.1 Å². The number of aliphatic hydroxyl groups is 1. The molecule has 4 aromatic rings. The average Bonchev–Trinajstić information content (AvgIpc) is 3.20. The number of carbonyl (C=O) groups is 1. The molecule has 23 heteroatoms. The Kier molecular flexibility index (Phi) is 16.3. The van der Waals surface area contributed by atoms with Crippen molar-refractivity contribution < 1.29 is 61.9 Å². The van der Waals surface area contributed by atoms with Crippen molar-refractivity contribution in [2.75, 3.05) is 37.8 Å². The number of anilines is 1. The van der Waals surface area contributed by atoms with Crippen molar-refractivity contribution in [2.45, 2.75) is 82.4 Å². The number of sulfonamides is 1. The predicted octanol–water partition coefficient (Wildman–Crippen LogP) is 5.83. The molecular formula is C38H47N7O15S. The van der Waals surface area contributed by atoms with Gasteiger partial charge in [-0.15, -0.1) is 20.2 Å². The molecule has 0 saturated heterocycles. The number of benzene rings is 2.